The molecule has 1 saturated carbocycles. The van der Waals surface area contributed by atoms with Crippen molar-refractivity contribution in [3.63, 3.8) is 0 Å². The van der Waals surface area contributed by atoms with Crippen LogP contribution in [0.15, 0.2) is 41.2 Å². The van der Waals surface area contributed by atoms with Gasteiger partial charge >= 0.3 is 5.69 Å². The first-order valence-electron chi connectivity index (χ1n) is 11.8. The van der Waals surface area contributed by atoms with Crippen molar-refractivity contribution in [2.45, 2.75) is 39.2 Å². The Bertz CT molecular complexity index is 1440. The predicted molar refractivity (Wildman–Crippen MR) is 133 cm³/mol. The van der Waals surface area contributed by atoms with Crippen molar-refractivity contribution >= 4 is 33.7 Å². The van der Waals surface area contributed by atoms with E-state index in [4.69, 9.17) is 4.74 Å². The molecule has 0 atom stereocenters. The highest BCUT2D eigenvalue weighted by atomic mass is 16.5. The third-order valence-corrected chi connectivity index (χ3v) is 7.38. The predicted octanol–water partition coefficient (Wildman–Crippen LogP) is 3.99. The van der Waals surface area contributed by atoms with Gasteiger partial charge in [0.05, 0.1) is 29.2 Å². The summed E-state index contributed by atoms with van der Waals surface area (Å²) < 4.78 is 10.9. The van der Waals surface area contributed by atoms with Gasteiger partial charge in [-0.3, -0.25) is 13.9 Å². The number of rotatable bonds is 5. The van der Waals surface area contributed by atoms with E-state index < -0.39 is 0 Å². The van der Waals surface area contributed by atoms with Crippen LogP contribution in [0, 0.1) is 18.8 Å². The van der Waals surface area contributed by atoms with E-state index in [0.29, 0.717) is 12.5 Å². The topological polar surface area (TPSA) is 83.1 Å². The Balaban J connectivity index is 1.24. The molecule has 2 aromatic heterocycles. The second-order valence-corrected chi connectivity index (χ2v) is 9.44. The zero-order chi connectivity index (χ0) is 24.0. The van der Waals surface area contributed by atoms with Crippen LogP contribution in [-0.2, 0) is 25.4 Å². The normalized spacial score (nSPS) is 18.5. The maximum atomic E-state index is 12.9. The van der Waals surface area contributed by atoms with Crippen molar-refractivity contribution in [2.24, 2.45) is 25.9 Å². The number of methoxy groups -OCH3 is 1. The van der Waals surface area contributed by atoms with Crippen LogP contribution in [0.3, 0.4) is 0 Å². The van der Waals surface area contributed by atoms with E-state index in [1.807, 2.05) is 59.5 Å². The van der Waals surface area contributed by atoms with Crippen LogP contribution < -0.4 is 15.7 Å². The molecule has 1 N–H and O–H groups in total. The van der Waals surface area contributed by atoms with Gasteiger partial charge in [-0.1, -0.05) is 0 Å². The van der Waals surface area contributed by atoms with Crippen LogP contribution >= 0.6 is 0 Å². The van der Waals surface area contributed by atoms with Gasteiger partial charge in [0.25, 0.3) is 0 Å². The second kappa shape index (κ2) is 8.66. The summed E-state index contributed by atoms with van der Waals surface area (Å²) in [5.41, 5.74) is 4.51. The van der Waals surface area contributed by atoms with E-state index in [0.717, 1.165) is 65.0 Å². The fourth-order valence-electron chi connectivity index (χ4n) is 5.20. The molecule has 0 saturated heterocycles. The van der Waals surface area contributed by atoms with Gasteiger partial charge in [0.15, 0.2) is 0 Å². The molecule has 0 spiro atoms. The van der Waals surface area contributed by atoms with Crippen LogP contribution in [0.2, 0.25) is 0 Å². The third-order valence-electron chi connectivity index (χ3n) is 7.38. The molecule has 34 heavy (non-hydrogen) atoms. The highest BCUT2D eigenvalue weighted by Gasteiger charge is 2.27. The zero-order valence-electron chi connectivity index (χ0n) is 20.2. The van der Waals surface area contributed by atoms with Crippen LogP contribution in [0.1, 0.15) is 31.5 Å². The first-order valence-corrected chi connectivity index (χ1v) is 11.8. The van der Waals surface area contributed by atoms with Gasteiger partial charge in [0, 0.05) is 38.3 Å². The molecule has 1 amide bonds. The number of amides is 1. The molecule has 0 aliphatic heterocycles. The van der Waals surface area contributed by atoms with E-state index >= 15 is 0 Å². The van der Waals surface area contributed by atoms with Crippen LogP contribution in [-0.4, -0.2) is 31.7 Å². The summed E-state index contributed by atoms with van der Waals surface area (Å²) in [7, 11) is 5.43. The van der Waals surface area contributed by atoms with Gasteiger partial charge in [-0.25, -0.2) is 9.78 Å². The van der Waals surface area contributed by atoms with Crippen LogP contribution in [0.4, 0.5) is 5.69 Å². The lowest BCUT2D eigenvalue weighted by Gasteiger charge is -2.28. The summed E-state index contributed by atoms with van der Waals surface area (Å²) >= 11 is 0. The number of ether oxygens (including phenoxy) is 1. The lowest BCUT2D eigenvalue weighted by Crippen LogP contribution is -2.30. The molecular weight excluding hydrogens is 430 g/mol. The summed E-state index contributed by atoms with van der Waals surface area (Å²) in [5.74, 6) is 2.11. The average Bonchev–Trinajstić information content (AvgIpc) is 3.26. The Hall–Kier alpha value is -3.55. The van der Waals surface area contributed by atoms with Crippen LogP contribution in [0.25, 0.3) is 22.1 Å². The number of fused-ring (bicyclic) bond motifs is 2. The molecule has 4 aromatic rings. The second-order valence-electron chi connectivity index (χ2n) is 9.44. The average molecular weight is 462 g/mol. The number of benzene rings is 2. The van der Waals surface area contributed by atoms with Crippen molar-refractivity contribution in [3.05, 3.63) is 52.7 Å². The number of nitrogens with one attached hydrogen (secondary N) is 1. The van der Waals surface area contributed by atoms with E-state index in [9.17, 15) is 9.59 Å². The number of imidazole rings is 2. The molecule has 2 heterocycles. The van der Waals surface area contributed by atoms with Crippen molar-refractivity contribution < 1.29 is 9.53 Å². The largest absolute Gasteiger partial charge is 0.497 e. The number of hydrogen-bond acceptors (Lipinski definition) is 4. The van der Waals surface area contributed by atoms with Gasteiger partial charge in [-0.05, 0) is 68.9 Å². The van der Waals surface area contributed by atoms with Gasteiger partial charge in [-0.15, -0.1) is 0 Å². The maximum absolute atomic E-state index is 12.9. The molecule has 178 valence electrons. The Morgan fingerprint density at radius 1 is 1.03 bits per heavy atom. The molecule has 1 aliphatic carbocycles. The van der Waals surface area contributed by atoms with Crippen molar-refractivity contribution in [2.75, 3.05) is 12.4 Å². The smallest absolute Gasteiger partial charge is 0.328 e. The Morgan fingerprint density at radius 2 is 1.76 bits per heavy atom. The number of nitrogens with zero attached hydrogens (tertiary/aromatic N) is 4. The summed E-state index contributed by atoms with van der Waals surface area (Å²) in [6.45, 7) is 2.63. The highest BCUT2D eigenvalue weighted by molar-refractivity contribution is 5.94. The lowest BCUT2D eigenvalue weighted by atomic mass is 9.81. The Kier molecular flexibility index (Phi) is 5.67. The number of hydrogen-bond donors (Lipinski definition) is 1. The summed E-state index contributed by atoms with van der Waals surface area (Å²) in [5, 5.41) is 3.09. The molecule has 8 nitrogen and oxygen atoms in total. The molecule has 5 rings (SSSR count). The quantitative estimate of drug-likeness (QED) is 0.487. The minimum absolute atomic E-state index is 0.0109. The van der Waals surface area contributed by atoms with Crippen LogP contribution in [0.5, 0.6) is 5.75 Å². The van der Waals surface area contributed by atoms with E-state index in [-0.39, 0.29) is 17.5 Å². The zero-order valence-corrected chi connectivity index (χ0v) is 20.2. The molecule has 1 aliphatic rings. The monoisotopic (exact) mass is 461 g/mol. The standard InChI is InChI=1S/C26H31N5O3/c1-16-27-21-13-19(9-11-22(21)29(16)2)28-25(32)18-7-5-17(6-8-18)15-31-24-14-20(34-4)10-12-23(24)30(3)26(31)33/h9-14,17-18H,5-8,15H2,1-4H3,(H,28,32). The van der Waals surface area contributed by atoms with Crippen molar-refractivity contribution in [1.29, 1.82) is 0 Å². The van der Waals surface area contributed by atoms with Gasteiger partial charge in [0.1, 0.15) is 11.6 Å². The SMILES string of the molecule is COc1ccc2c(c1)n(CC1CCC(C(=O)Nc3ccc4c(c3)nc(C)n4C)CC1)c(=O)n2C. The minimum Gasteiger partial charge on any atom is -0.497 e. The first kappa shape index (κ1) is 22.3. The number of aromatic nitrogens is 4. The molecule has 1 fully saturated rings. The van der Waals surface area contributed by atoms with E-state index in [1.165, 1.54) is 0 Å². The van der Waals surface area contributed by atoms with Gasteiger partial charge in [-0.2, -0.15) is 0 Å². The number of anilines is 1. The van der Waals surface area contributed by atoms with Crippen molar-refractivity contribution in [1.82, 2.24) is 18.7 Å². The van der Waals surface area contributed by atoms with E-state index in [2.05, 4.69) is 10.3 Å². The molecule has 0 radical (unpaired) electrons. The summed E-state index contributed by atoms with van der Waals surface area (Å²) in [6.07, 6.45) is 3.49. The number of carbonyl (C=O) groups is 1. The van der Waals surface area contributed by atoms with Gasteiger partial charge in [0.2, 0.25) is 5.91 Å². The summed E-state index contributed by atoms with van der Waals surface area (Å²) in [6, 6.07) is 11.6. The van der Waals surface area contributed by atoms with Crippen molar-refractivity contribution in [3.8, 4) is 5.75 Å². The maximum Gasteiger partial charge on any atom is 0.328 e. The molecular formula is C26H31N5O3. The fraction of sp³-hybridized carbons (Fsp3) is 0.423. The number of carbonyl (C=O) groups excluding carboxylic acids is 1. The minimum atomic E-state index is -0.0123. The molecule has 2 aromatic carbocycles. The third kappa shape index (κ3) is 3.87. The highest BCUT2D eigenvalue weighted by Crippen LogP contribution is 2.32. The fourth-order valence-corrected chi connectivity index (χ4v) is 5.20. The Morgan fingerprint density at radius 3 is 2.50 bits per heavy atom. The van der Waals surface area contributed by atoms with Gasteiger partial charge < -0.3 is 14.6 Å². The van der Waals surface area contributed by atoms with E-state index in [1.54, 1.807) is 18.7 Å². The Labute approximate surface area is 198 Å². The number of aryl methyl sites for hydroxylation is 3. The molecule has 0 unspecified atom stereocenters. The first-order chi connectivity index (χ1) is 16.4. The molecule has 0 bridgehead atoms. The summed E-state index contributed by atoms with van der Waals surface area (Å²) in [4.78, 5) is 30.4. The lowest BCUT2D eigenvalue weighted by molar-refractivity contribution is -0.121. The molecule has 8 heteroatoms.